The van der Waals surface area contributed by atoms with Gasteiger partial charge in [-0.25, -0.2) is 0 Å². The number of carbonyl (C=O) groups excluding carboxylic acids is 2. The molecule has 0 aromatic heterocycles. The Balaban J connectivity index is 2.31. The topological polar surface area (TPSA) is 118 Å². The molecule has 4 unspecified atom stereocenters. The third-order valence-corrected chi connectivity index (χ3v) is 7.18. The largest absolute Gasteiger partial charge is 0.481 e. The summed E-state index contributed by atoms with van der Waals surface area (Å²) in [5.74, 6) is -2.00. The average Bonchev–Trinajstić information content (AvgIpc) is 2.62. The lowest BCUT2D eigenvalue weighted by atomic mass is 9.79. The second kappa shape index (κ2) is 13.7. The maximum Gasteiger partial charge on any atom is 0.307 e. The lowest BCUT2D eigenvalue weighted by molar-refractivity contribution is -0.143. The van der Waals surface area contributed by atoms with E-state index < -0.39 is 17.9 Å². The fourth-order valence-corrected chi connectivity index (χ4v) is 4.93. The number of ketones is 2. The van der Waals surface area contributed by atoms with Crippen molar-refractivity contribution in [2.75, 3.05) is 19.0 Å². The van der Waals surface area contributed by atoms with Crippen LogP contribution in [-0.2, 0) is 23.9 Å². The van der Waals surface area contributed by atoms with Crippen molar-refractivity contribution in [1.29, 1.82) is 0 Å². The number of hydrogen-bond acceptors (Lipinski definition) is 6. The van der Waals surface area contributed by atoms with E-state index in [1.165, 1.54) is 6.92 Å². The van der Waals surface area contributed by atoms with Crippen molar-refractivity contribution in [1.82, 2.24) is 0 Å². The number of hydrogen-bond donors (Lipinski definition) is 2. The molecule has 0 saturated heterocycles. The molecule has 0 aliphatic heterocycles. The quantitative estimate of drug-likeness (QED) is 0.337. The van der Waals surface area contributed by atoms with Crippen molar-refractivity contribution >= 4 is 35.3 Å². The first kappa shape index (κ1) is 25.6. The van der Waals surface area contributed by atoms with Crippen molar-refractivity contribution in [3.05, 3.63) is 0 Å². The maximum atomic E-state index is 12.0. The highest BCUT2D eigenvalue weighted by Crippen LogP contribution is 2.42. The van der Waals surface area contributed by atoms with Crippen LogP contribution in [0.4, 0.5) is 0 Å². The van der Waals surface area contributed by atoms with Gasteiger partial charge in [-0.3, -0.25) is 19.2 Å². The number of rotatable bonds is 17. The van der Waals surface area contributed by atoms with Gasteiger partial charge >= 0.3 is 11.9 Å². The summed E-state index contributed by atoms with van der Waals surface area (Å²) in [6.45, 7) is 3.85. The molecule has 1 rings (SSSR count). The van der Waals surface area contributed by atoms with Crippen LogP contribution in [0, 0.1) is 17.8 Å². The number of carboxylic acids is 2. The zero-order valence-electron chi connectivity index (χ0n) is 17.4. The summed E-state index contributed by atoms with van der Waals surface area (Å²) in [6, 6.07) is 0. The van der Waals surface area contributed by atoms with E-state index in [0.29, 0.717) is 36.2 Å². The number of Topliss-reactive ketones (excluding diaryl/α,β-unsaturated/α-hetero) is 2. The highest BCUT2D eigenvalue weighted by Gasteiger charge is 2.33. The fourth-order valence-electron chi connectivity index (χ4n) is 3.34. The first-order valence-electron chi connectivity index (χ1n) is 10.4. The van der Waals surface area contributed by atoms with Gasteiger partial charge in [0.15, 0.2) is 0 Å². The normalized spacial score (nSPS) is 20.5. The smallest absolute Gasteiger partial charge is 0.307 e. The van der Waals surface area contributed by atoms with Crippen LogP contribution in [0.5, 0.6) is 0 Å². The van der Waals surface area contributed by atoms with E-state index >= 15 is 0 Å². The summed E-state index contributed by atoms with van der Waals surface area (Å²) in [4.78, 5) is 45.5. The molecule has 0 aromatic rings. The fraction of sp³-hybridized carbons (Fsp3) is 0.810. The molecule has 0 radical (unpaired) electrons. The van der Waals surface area contributed by atoms with Gasteiger partial charge in [-0.2, -0.15) is 11.8 Å². The molecule has 8 heteroatoms. The lowest BCUT2D eigenvalue weighted by Gasteiger charge is -2.37. The monoisotopic (exact) mass is 430 g/mol. The minimum absolute atomic E-state index is 0.00723. The van der Waals surface area contributed by atoms with Crippen molar-refractivity contribution in [3.8, 4) is 0 Å². The van der Waals surface area contributed by atoms with Gasteiger partial charge in [-0.05, 0) is 44.9 Å². The van der Waals surface area contributed by atoms with Crippen molar-refractivity contribution < 1.29 is 34.1 Å². The highest BCUT2D eigenvalue weighted by molar-refractivity contribution is 8.00. The third-order valence-electron chi connectivity index (χ3n) is 5.53. The molecule has 0 aromatic carbocycles. The van der Waals surface area contributed by atoms with Crippen LogP contribution in [-0.4, -0.2) is 57.9 Å². The van der Waals surface area contributed by atoms with Gasteiger partial charge in [0, 0.05) is 30.3 Å². The van der Waals surface area contributed by atoms with Crippen molar-refractivity contribution in [2.45, 2.75) is 70.5 Å². The van der Waals surface area contributed by atoms with Gasteiger partial charge in [0.05, 0.1) is 25.0 Å². The Morgan fingerprint density at radius 1 is 1.03 bits per heavy atom. The van der Waals surface area contributed by atoms with Gasteiger partial charge < -0.3 is 14.9 Å². The van der Waals surface area contributed by atoms with Crippen LogP contribution in [0.15, 0.2) is 0 Å². The van der Waals surface area contributed by atoms with Gasteiger partial charge in [0.1, 0.15) is 11.6 Å². The molecule has 0 spiro atoms. The molecule has 0 heterocycles. The van der Waals surface area contributed by atoms with E-state index in [1.54, 1.807) is 11.8 Å². The summed E-state index contributed by atoms with van der Waals surface area (Å²) in [5, 5.41) is 18.9. The van der Waals surface area contributed by atoms with Gasteiger partial charge in [-0.15, -0.1) is 0 Å². The molecule has 29 heavy (non-hydrogen) atoms. The molecular formula is C21H34O7S. The lowest BCUT2D eigenvalue weighted by Crippen LogP contribution is -2.31. The number of carboxylic acid groups (broad SMARTS) is 2. The van der Waals surface area contributed by atoms with E-state index in [1.807, 2.05) is 6.92 Å². The summed E-state index contributed by atoms with van der Waals surface area (Å²) < 4.78 is 5.23. The molecular weight excluding hydrogens is 396 g/mol. The second-order valence-corrected chi connectivity index (χ2v) is 9.09. The Labute approximate surface area is 177 Å². The molecule has 2 N–H and O–H groups in total. The van der Waals surface area contributed by atoms with Gasteiger partial charge in [0.2, 0.25) is 0 Å². The predicted octanol–water partition coefficient (Wildman–Crippen LogP) is 3.44. The third kappa shape index (κ3) is 10.3. The van der Waals surface area contributed by atoms with Gasteiger partial charge in [0.25, 0.3) is 0 Å². The van der Waals surface area contributed by atoms with Crippen LogP contribution < -0.4 is 0 Å². The average molecular weight is 431 g/mol. The Hall–Kier alpha value is -1.41. The second-order valence-electron chi connectivity index (χ2n) is 7.82. The predicted molar refractivity (Wildman–Crippen MR) is 111 cm³/mol. The van der Waals surface area contributed by atoms with Crippen LogP contribution in [0.25, 0.3) is 0 Å². The number of ether oxygens (including phenoxy) is 1. The Bertz CT molecular complexity index is 563. The molecule has 1 fully saturated rings. The molecule has 7 nitrogen and oxygen atoms in total. The zero-order chi connectivity index (χ0) is 21.8. The van der Waals surface area contributed by atoms with Crippen molar-refractivity contribution in [3.63, 3.8) is 0 Å². The van der Waals surface area contributed by atoms with Crippen LogP contribution in [0.1, 0.15) is 65.2 Å². The molecule has 1 aliphatic rings. The Morgan fingerprint density at radius 2 is 1.69 bits per heavy atom. The van der Waals surface area contributed by atoms with Crippen molar-refractivity contribution in [2.24, 2.45) is 17.8 Å². The van der Waals surface area contributed by atoms with E-state index in [9.17, 15) is 24.3 Å². The van der Waals surface area contributed by atoms with E-state index in [4.69, 9.17) is 9.84 Å². The first-order chi connectivity index (χ1) is 13.7. The summed E-state index contributed by atoms with van der Waals surface area (Å²) in [6.07, 6.45) is 4.69. The van der Waals surface area contributed by atoms with Crippen LogP contribution >= 0.6 is 11.8 Å². The molecule has 0 bridgehead atoms. The molecule has 4 atom stereocenters. The maximum absolute atomic E-state index is 12.0. The summed E-state index contributed by atoms with van der Waals surface area (Å²) in [7, 11) is 0. The minimum atomic E-state index is -0.962. The number of thioether (sulfide) groups is 1. The SMILES string of the molecule is CCC(CCC1CCC1SCC(CC(=O)CCOCCC(C)=O)C(=O)O)C(=O)O. The zero-order valence-corrected chi connectivity index (χ0v) is 18.2. The molecule has 1 aliphatic carbocycles. The van der Waals surface area contributed by atoms with E-state index in [-0.39, 0.29) is 43.5 Å². The number of aliphatic carboxylic acids is 2. The molecule has 0 amide bonds. The molecule has 166 valence electrons. The van der Waals surface area contributed by atoms with E-state index in [2.05, 4.69) is 0 Å². The Kier molecular flexibility index (Phi) is 12.1. The van der Waals surface area contributed by atoms with E-state index in [0.717, 1.165) is 19.3 Å². The summed E-state index contributed by atoms with van der Waals surface area (Å²) in [5.41, 5.74) is 0. The standard InChI is InChI=1S/C21H34O7S/c1-3-15(20(24)25)4-5-16-6-7-19(16)29-13-17(21(26)27)12-18(23)9-11-28-10-8-14(2)22/h15-17,19H,3-13H2,1-2H3,(H,24,25)(H,26,27). The van der Waals surface area contributed by atoms with Crippen LogP contribution in [0.3, 0.4) is 0 Å². The van der Waals surface area contributed by atoms with Crippen LogP contribution in [0.2, 0.25) is 0 Å². The Morgan fingerprint density at radius 3 is 2.21 bits per heavy atom. The highest BCUT2D eigenvalue weighted by atomic mass is 32.2. The minimum Gasteiger partial charge on any atom is -0.481 e. The first-order valence-corrected chi connectivity index (χ1v) is 11.5. The number of carbonyl (C=O) groups is 4. The molecule has 1 saturated carbocycles. The summed E-state index contributed by atoms with van der Waals surface area (Å²) >= 11 is 1.60. The van der Waals surface area contributed by atoms with Gasteiger partial charge in [-0.1, -0.05) is 6.92 Å².